The summed E-state index contributed by atoms with van der Waals surface area (Å²) in [6, 6.07) is 1.01. The number of halogens is 4. The van der Waals surface area contributed by atoms with E-state index in [4.69, 9.17) is 11.6 Å². The van der Waals surface area contributed by atoms with Crippen LogP contribution in [0.15, 0.2) is 6.07 Å². The molecule has 0 amide bonds. The monoisotopic (exact) mass is 241 g/mol. The van der Waals surface area contributed by atoms with Crippen LogP contribution in [-0.2, 0) is 5.33 Å². The standard InChI is InChI=1S/C6H3BrClF2N/c7-2-3-1-4(9)6(10)11-5(3)8/h1H,2H2. The van der Waals surface area contributed by atoms with Gasteiger partial charge in [-0.1, -0.05) is 27.5 Å². The molecule has 0 atom stereocenters. The van der Waals surface area contributed by atoms with Crippen molar-refractivity contribution in [2.75, 3.05) is 0 Å². The van der Waals surface area contributed by atoms with E-state index in [0.717, 1.165) is 6.07 Å². The molecule has 0 spiro atoms. The Bertz CT molecular complexity index is 280. The van der Waals surface area contributed by atoms with Crippen LogP contribution in [-0.4, -0.2) is 4.98 Å². The third kappa shape index (κ3) is 1.87. The number of aromatic nitrogens is 1. The van der Waals surface area contributed by atoms with Gasteiger partial charge in [0.1, 0.15) is 5.15 Å². The second-order valence-corrected chi connectivity index (χ2v) is 2.76. The van der Waals surface area contributed by atoms with Crippen molar-refractivity contribution >= 4 is 27.5 Å². The minimum atomic E-state index is -1.17. The van der Waals surface area contributed by atoms with Crippen molar-refractivity contribution < 1.29 is 8.78 Å². The highest BCUT2D eigenvalue weighted by Crippen LogP contribution is 2.18. The molecule has 0 aromatic carbocycles. The predicted octanol–water partition coefficient (Wildman–Crippen LogP) is 2.91. The summed E-state index contributed by atoms with van der Waals surface area (Å²) in [5, 5.41) is 0.344. The minimum Gasteiger partial charge on any atom is -0.205 e. The van der Waals surface area contributed by atoms with Crippen molar-refractivity contribution in [1.82, 2.24) is 4.98 Å². The molecule has 60 valence electrons. The van der Waals surface area contributed by atoms with Gasteiger partial charge in [0.2, 0.25) is 5.95 Å². The molecule has 0 saturated carbocycles. The van der Waals surface area contributed by atoms with Crippen molar-refractivity contribution in [3.05, 3.63) is 28.5 Å². The van der Waals surface area contributed by atoms with Crippen LogP contribution < -0.4 is 0 Å². The van der Waals surface area contributed by atoms with Crippen LogP contribution in [0.2, 0.25) is 5.15 Å². The Kier molecular flexibility index (Phi) is 2.78. The molecule has 0 unspecified atom stereocenters. The van der Waals surface area contributed by atoms with E-state index in [9.17, 15) is 8.78 Å². The molecule has 0 aliphatic rings. The molecule has 0 aliphatic carbocycles. The molecule has 5 heteroatoms. The molecule has 1 nitrogen and oxygen atoms in total. The van der Waals surface area contributed by atoms with Gasteiger partial charge in [-0.3, -0.25) is 0 Å². The van der Waals surface area contributed by atoms with Gasteiger partial charge in [-0.2, -0.15) is 4.39 Å². The van der Waals surface area contributed by atoms with Gasteiger partial charge in [0, 0.05) is 10.9 Å². The number of rotatable bonds is 1. The lowest BCUT2D eigenvalue weighted by atomic mass is 10.3. The van der Waals surface area contributed by atoms with Crippen LogP contribution in [0.25, 0.3) is 0 Å². The molecule has 1 rings (SSSR count). The highest BCUT2D eigenvalue weighted by Gasteiger charge is 2.08. The normalized spacial score (nSPS) is 10.2. The fourth-order valence-corrected chi connectivity index (χ4v) is 1.36. The van der Waals surface area contributed by atoms with Crippen LogP contribution in [0.1, 0.15) is 5.56 Å². The maximum atomic E-state index is 12.4. The van der Waals surface area contributed by atoms with Crippen LogP contribution in [0.5, 0.6) is 0 Å². The zero-order chi connectivity index (χ0) is 8.43. The van der Waals surface area contributed by atoms with Crippen LogP contribution in [0.4, 0.5) is 8.78 Å². The molecule has 0 bridgehead atoms. The summed E-state index contributed by atoms with van der Waals surface area (Å²) in [4.78, 5) is 3.14. The van der Waals surface area contributed by atoms with Gasteiger partial charge < -0.3 is 0 Å². The third-order valence-electron chi connectivity index (χ3n) is 1.10. The molecule has 0 saturated heterocycles. The molecular weight excluding hydrogens is 239 g/mol. The second-order valence-electron chi connectivity index (χ2n) is 1.84. The van der Waals surface area contributed by atoms with Gasteiger partial charge in [0.15, 0.2) is 5.82 Å². The highest BCUT2D eigenvalue weighted by atomic mass is 79.9. The molecular formula is C6H3BrClF2N. The Morgan fingerprint density at radius 2 is 2.18 bits per heavy atom. The van der Waals surface area contributed by atoms with E-state index in [1.54, 1.807) is 0 Å². The third-order valence-corrected chi connectivity index (χ3v) is 2.03. The van der Waals surface area contributed by atoms with Gasteiger partial charge in [0.25, 0.3) is 0 Å². The largest absolute Gasteiger partial charge is 0.250 e. The average molecular weight is 242 g/mol. The van der Waals surface area contributed by atoms with Gasteiger partial charge >= 0.3 is 0 Å². The van der Waals surface area contributed by atoms with E-state index in [1.165, 1.54) is 0 Å². The summed E-state index contributed by atoms with van der Waals surface area (Å²) < 4.78 is 24.7. The summed E-state index contributed by atoms with van der Waals surface area (Å²) in [5.41, 5.74) is 0.436. The Balaban J connectivity index is 3.21. The first-order valence-corrected chi connectivity index (χ1v) is 4.21. The lowest BCUT2D eigenvalue weighted by Crippen LogP contribution is -1.93. The summed E-state index contributed by atoms with van der Waals surface area (Å²) in [6.45, 7) is 0. The predicted molar refractivity (Wildman–Crippen MR) is 41.8 cm³/mol. The van der Waals surface area contributed by atoms with E-state index < -0.39 is 11.8 Å². The Morgan fingerprint density at radius 1 is 1.55 bits per heavy atom. The summed E-state index contributed by atoms with van der Waals surface area (Å²) >= 11 is 8.51. The summed E-state index contributed by atoms with van der Waals surface area (Å²) in [7, 11) is 0. The van der Waals surface area contributed by atoms with E-state index in [2.05, 4.69) is 20.9 Å². The topological polar surface area (TPSA) is 12.9 Å². The lowest BCUT2D eigenvalue weighted by molar-refractivity contribution is 0.478. The molecule has 0 fully saturated rings. The van der Waals surface area contributed by atoms with Gasteiger partial charge in [-0.05, 0) is 6.07 Å². The smallest absolute Gasteiger partial charge is 0.205 e. The molecule has 0 aliphatic heterocycles. The molecule has 1 heterocycles. The summed E-state index contributed by atoms with van der Waals surface area (Å²) in [5.74, 6) is -2.15. The van der Waals surface area contributed by atoms with Gasteiger partial charge in [-0.15, -0.1) is 0 Å². The van der Waals surface area contributed by atoms with Crippen molar-refractivity contribution in [1.29, 1.82) is 0 Å². The minimum absolute atomic E-state index is 0.0132. The number of nitrogens with zero attached hydrogens (tertiary/aromatic N) is 1. The van der Waals surface area contributed by atoms with E-state index in [1.807, 2.05) is 0 Å². The van der Waals surface area contributed by atoms with Crippen LogP contribution in [0.3, 0.4) is 0 Å². The highest BCUT2D eigenvalue weighted by molar-refractivity contribution is 9.08. The molecule has 0 N–H and O–H groups in total. The average Bonchev–Trinajstić information content (AvgIpc) is 1.97. The maximum Gasteiger partial charge on any atom is 0.250 e. The van der Waals surface area contributed by atoms with Crippen LogP contribution >= 0.6 is 27.5 Å². The summed E-state index contributed by atoms with van der Waals surface area (Å²) in [6.07, 6.45) is 0. The fourth-order valence-electron chi connectivity index (χ4n) is 0.577. The lowest BCUT2D eigenvalue weighted by Gasteiger charge is -1.98. The van der Waals surface area contributed by atoms with E-state index in [0.29, 0.717) is 10.9 Å². The quantitative estimate of drug-likeness (QED) is 0.545. The van der Waals surface area contributed by atoms with Gasteiger partial charge in [0.05, 0.1) is 0 Å². The first-order chi connectivity index (χ1) is 5.15. The first-order valence-electron chi connectivity index (χ1n) is 2.71. The molecule has 0 radical (unpaired) electrons. The van der Waals surface area contributed by atoms with Crippen LogP contribution in [0, 0.1) is 11.8 Å². The Hall–Kier alpha value is -0.220. The fraction of sp³-hybridized carbons (Fsp3) is 0.167. The zero-order valence-electron chi connectivity index (χ0n) is 5.24. The molecule has 1 aromatic rings. The second kappa shape index (κ2) is 3.45. The van der Waals surface area contributed by atoms with Crippen molar-refractivity contribution in [3.63, 3.8) is 0 Å². The maximum absolute atomic E-state index is 12.4. The zero-order valence-corrected chi connectivity index (χ0v) is 7.59. The SMILES string of the molecule is Fc1cc(CBr)c(Cl)nc1F. The number of alkyl halides is 1. The van der Waals surface area contributed by atoms with E-state index >= 15 is 0 Å². The Morgan fingerprint density at radius 3 is 2.73 bits per heavy atom. The van der Waals surface area contributed by atoms with Crippen molar-refractivity contribution in [2.45, 2.75) is 5.33 Å². The molecule has 1 aromatic heterocycles. The number of pyridine rings is 1. The van der Waals surface area contributed by atoms with Gasteiger partial charge in [-0.25, -0.2) is 9.37 Å². The van der Waals surface area contributed by atoms with Crippen molar-refractivity contribution in [3.8, 4) is 0 Å². The Labute approximate surface area is 75.5 Å². The number of hydrogen-bond donors (Lipinski definition) is 0. The molecule has 11 heavy (non-hydrogen) atoms. The van der Waals surface area contributed by atoms with Crippen molar-refractivity contribution in [2.24, 2.45) is 0 Å². The first kappa shape index (κ1) is 8.87. The number of hydrogen-bond acceptors (Lipinski definition) is 1. The van der Waals surface area contributed by atoms with E-state index in [-0.39, 0.29) is 5.15 Å².